The number of rotatable bonds is 17. The maximum Gasteiger partial charge on any atom is 0.336 e. The summed E-state index contributed by atoms with van der Waals surface area (Å²) in [4.78, 5) is 119. The first-order chi connectivity index (χ1) is 58.5. The van der Waals surface area contributed by atoms with E-state index in [0.29, 0.717) is 108 Å². The molecule has 0 aliphatic carbocycles. The van der Waals surface area contributed by atoms with Gasteiger partial charge in [0.2, 0.25) is 11.6 Å². The Kier molecular flexibility index (Phi) is 29.1. The lowest BCUT2D eigenvalue weighted by molar-refractivity contribution is 0.0935. The monoisotopic (exact) mass is 1760 g/mol. The van der Waals surface area contributed by atoms with Gasteiger partial charge in [-0.25, -0.2) is 28.8 Å². The predicted molar refractivity (Wildman–Crippen MR) is 463 cm³/mol. The molecule has 0 unspecified atom stereocenters. The van der Waals surface area contributed by atoms with Crippen LogP contribution in [0.15, 0.2) is 224 Å². The molecule has 0 amide bonds. The minimum absolute atomic E-state index is 0.0397. The zero-order valence-corrected chi connectivity index (χ0v) is 69.1. The van der Waals surface area contributed by atoms with Crippen LogP contribution in [0, 0.1) is 5.92 Å². The number of carbonyl (C=O) groups is 4. The van der Waals surface area contributed by atoms with Crippen LogP contribution in [-0.2, 0) is 32.1 Å². The van der Waals surface area contributed by atoms with Gasteiger partial charge in [-0.2, -0.15) is 0 Å². The Labute approximate surface area is 709 Å². The molecule has 15 rings (SSSR count). The van der Waals surface area contributed by atoms with Gasteiger partial charge in [-0.3, -0.25) is 19.2 Å². The summed E-state index contributed by atoms with van der Waals surface area (Å²) in [6.07, 6.45) is 6.21. The number of ketones is 3. The van der Waals surface area contributed by atoms with Gasteiger partial charge in [0, 0.05) is 117 Å². The van der Waals surface area contributed by atoms with Crippen LogP contribution in [0.3, 0.4) is 0 Å². The van der Waals surface area contributed by atoms with Gasteiger partial charge in [-0.05, 0) is 89.8 Å². The van der Waals surface area contributed by atoms with E-state index in [9.17, 15) is 109 Å². The van der Waals surface area contributed by atoms with Crippen molar-refractivity contribution in [1.82, 2.24) is 0 Å². The highest BCUT2D eigenvalue weighted by Crippen LogP contribution is 2.43. The van der Waals surface area contributed by atoms with Crippen molar-refractivity contribution in [3.8, 4) is 80.1 Å². The number of carbonyl (C=O) groups excluding carboxylic acids is 4. The Morgan fingerprint density at radius 3 is 1.14 bits per heavy atom. The molecule has 28 nitrogen and oxygen atoms in total. The Bertz CT molecular complexity index is 6840. The molecule has 30 heteroatoms. The summed E-state index contributed by atoms with van der Waals surface area (Å²) in [6, 6.07) is 39.4. The second-order valence-corrected chi connectivity index (χ2v) is 29.5. The van der Waals surface area contributed by atoms with Crippen LogP contribution in [0.1, 0.15) is 155 Å². The second-order valence-electron chi connectivity index (χ2n) is 28.2. The number of phenols is 12. The number of aromatic hydroxyl groups is 12. The lowest BCUT2D eigenvalue weighted by Gasteiger charge is -2.12. The number of benzene rings is 9. The van der Waals surface area contributed by atoms with Crippen LogP contribution in [0.5, 0.6) is 69.0 Å². The quantitative estimate of drug-likeness (QED) is 0.0229. The average molecular weight is 1760 g/mol. The van der Waals surface area contributed by atoms with Crippen molar-refractivity contribution in [2.45, 2.75) is 106 Å². The molecular weight excluding hydrogens is 1680 g/mol. The van der Waals surface area contributed by atoms with Crippen molar-refractivity contribution < 1.29 is 107 Å². The van der Waals surface area contributed by atoms with Gasteiger partial charge in [0.05, 0.1) is 37.9 Å². The predicted octanol–water partition coefficient (Wildman–Crippen LogP) is 17.8. The standard InChI is InChI=1S/C19H15BrO5.C19H15ClO5.C16H18O5.C15H10O4.C13H12O5.C11H10O4/c2*1-2-4-10-8-15(23)25-19-16(10)13(21)9-14(22)17(19)18(24)11-5-3-6-12(20)7-11;1-4-5-9-6-12(19)21-16-13(9)10(17)7-11(18)14(16)15(20)8(2)3;16-10-6-12(17)15-11(9-4-2-1-3-5-9)8-14(18)19-13(15)7-10;1-2-3-7-4-11(17)18-13-8(6-14)9(15)5-10(16)12(7)13;1-2-6-3-10(14)15-9-5-7(12)4-8(13)11(6)9/h2*3,5-9,21-22H,2,4H2,1H3;6-8,17-18H,4-5H2,1-3H3;1-8,16-17H;4-6,15-16H,2-3H2,1H3;3-5,12-13H,2H2,1H3. The molecule has 0 aliphatic rings. The van der Waals surface area contributed by atoms with Crippen LogP contribution < -0.4 is 33.8 Å². The normalized spacial score (nSPS) is 10.9. The van der Waals surface area contributed by atoms with E-state index in [-0.39, 0.29) is 136 Å². The highest BCUT2D eigenvalue weighted by atomic mass is 79.9. The molecule has 123 heavy (non-hydrogen) atoms. The molecule has 0 saturated carbocycles. The first-order valence-electron chi connectivity index (χ1n) is 38.3. The fourth-order valence-corrected chi connectivity index (χ4v) is 14.4. The van der Waals surface area contributed by atoms with E-state index in [0.717, 1.165) is 55.5 Å². The zero-order valence-electron chi connectivity index (χ0n) is 66.8. The number of hydrogen-bond acceptors (Lipinski definition) is 28. The van der Waals surface area contributed by atoms with E-state index >= 15 is 0 Å². The van der Waals surface area contributed by atoms with Crippen LogP contribution in [0.4, 0.5) is 0 Å². The number of fused-ring (bicyclic) bond motifs is 6. The molecule has 15 aromatic rings. The molecule has 0 radical (unpaired) electrons. The van der Waals surface area contributed by atoms with E-state index in [1.807, 2.05) is 65.0 Å². The van der Waals surface area contributed by atoms with Crippen LogP contribution in [0.25, 0.3) is 76.9 Å². The smallest absolute Gasteiger partial charge is 0.336 e. The summed E-state index contributed by atoms with van der Waals surface area (Å²) in [5.74, 6) is -4.83. The third kappa shape index (κ3) is 20.4. The number of hydrogen-bond donors (Lipinski definition) is 12. The number of aryl methyl sites for hydroxylation is 5. The molecule has 0 saturated heterocycles. The van der Waals surface area contributed by atoms with Gasteiger partial charge < -0.3 is 87.8 Å². The Morgan fingerprint density at radius 2 is 0.724 bits per heavy atom. The number of Topliss-reactive ketones (excluding diaryl/α,β-unsaturated/α-hetero) is 1. The summed E-state index contributed by atoms with van der Waals surface area (Å²) >= 11 is 9.22. The Morgan fingerprint density at radius 1 is 0.366 bits per heavy atom. The van der Waals surface area contributed by atoms with Crippen molar-refractivity contribution >= 4 is 117 Å². The Balaban J connectivity index is 0.000000156. The van der Waals surface area contributed by atoms with E-state index in [4.69, 9.17) is 38.1 Å². The minimum Gasteiger partial charge on any atom is -0.508 e. The third-order valence-corrected chi connectivity index (χ3v) is 19.7. The van der Waals surface area contributed by atoms with E-state index in [2.05, 4.69) is 15.9 Å². The summed E-state index contributed by atoms with van der Waals surface area (Å²) in [5.41, 5.74) is 1.00. The fourth-order valence-electron chi connectivity index (χ4n) is 13.8. The molecule has 0 bridgehead atoms. The lowest BCUT2D eigenvalue weighted by atomic mass is 9.95. The zero-order chi connectivity index (χ0) is 89.7. The highest BCUT2D eigenvalue weighted by Gasteiger charge is 2.29. The molecule has 0 fully saturated rings. The van der Waals surface area contributed by atoms with Gasteiger partial charge in [-0.1, -0.05) is 156 Å². The van der Waals surface area contributed by atoms with Gasteiger partial charge in [0.25, 0.3) is 0 Å². The fraction of sp³-hybridized carbons (Fsp3) is 0.183. The molecule has 0 spiro atoms. The van der Waals surface area contributed by atoms with Gasteiger partial charge in [-0.15, -0.1) is 0 Å². The minimum atomic E-state index is -0.652. The SMILES string of the molecule is CCCc1cc(=O)oc2c(C(=O)C(C)C)c(O)cc(O)c12.CCCc1cc(=O)oc2c(C(=O)c3cccc(Br)c3)c(O)cc(O)c12.CCCc1cc(=O)oc2c(C(=O)c3cccc(Cl)c3)c(O)cc(O)c12.CCCc1cc(=O)oc2c(C=O)c(O)cc(O)c12.CCc1cc(=O)oc2cc(O)cc(O)c12.O=c1cc(-c2ccccc2)c2c(O)cc(O)cc2o1. The molecule has 634 valence electrons. The molecule has 12 N–H and O–H groups in total. The molecule has 6 heterocycles. The van der Waals surface area contributed by atoms with Gasteiger partial charge >= 0.3 is 33.8 Å². The average Bonchev–Trinajstić information content (AvgIpc) is 0.764. The van der Waals surface area contributed by atoms with Crippen molar-refractivity contribution in [2.75, 3.05) is 0 Å². The van der Waals surface area contributed by atoms with E-state index in [1.54, 1.807) is 56.3 Å². The maximum absolute atomic E-state index is 12.9. The van der Waals surface area contributed by atoms with E-state index in [1.165, 1.54) is 66.7 Å². The highest BCUT2D eigenvalue weighted by molar-refractivity contribution is 9.10. The summed E-state index contributed by atoms with van der Waals surface area (Å²) in [6.45, 7) is 13.0. The second kappa shape index (κ2) is 39.4. The number of phenolic OH excluding ortho intramolecular Hbond substituents is 12. The molecule has 0 atom stereocenters. The lowest BCUT2D eigenvalue weighted by Crippen LogP contribution is -2.11. The Hall–Kier alpha value is -14.7. The number of halogens is 2. The van der Waals surface area contributed by atoms with Crippen molar-refractivity contribution in [2.24, 2.45) is 5.92 Å². The van der Waals surface area contributed by atoms with E-state index < -0.39 is 62.6 Å². The summed E-state index contributed by atoms with van der Waals surface area (Å²) in [7, 11) is 0. The first kappa shape index (κ1) is 90.6. The largest absolute Gasteiger partial charge is 0.508 e. The van der Waals surface area contributed by atoms with Crippen molar-refractivity contribution in [3.05, 3.63) is 297 Å². The number of aldehydes is 1. The molecular formula is C93H80BrClO28. The van der Waals surface area contributed by atoms with Crippen molar-refractivity contribution in [3.63, 3.8) is 0 Å². The van der Waals surface area contributed by atoms with Crippen LogP contribution >= 0.6 is 27.5 Å². The van der Waals surface area contributed by atoms with Crippen LogP contribution in [0.2, 0.25) is 5.02 Å². The molecule has 9 aromatic carbocycles. The van der Waals surface area contributed by atoms with Gasteiger partial charge in [0.15, 0.2) is 34.4 Å². The molecule has 6 aromatic heterocycles. The van der Waals surface area contributed by atoms with Crippen LogP contribution in [-0.4, -0.2) is 84.9 Å². The van der Waals surface area contributed by atoms with Crippen molar-refractivity contribution in [1.29, 1.82) is 0 Å². The third-order valence-electron chi connectivity index (χ3n) is 19.0. The molecule has 0 aliphatic heterocycles. The van der Waals surface area contributed by atoms with Gasteiger partial charge in [0.1, 0.15) is 96.9 Å². The summed E-state index contributed by atoms with van der Waals surface area (Å²) in [5, 5.41) is 121. The topological polar surface area (TPSA) is 492 Å². The first-order valence-corrected chi connectivity index (χ1v) is 39.4. The maximum atomic E-state index is 12.9. The summed E-state index contributed by atoms with van der Waals surface area (Å²) < 4.78 is 31.0.